The number of nitrogens with one attached hydrogen (secondary N) is 1. The van der Waals surface area contributed by atoms with Crippen molar-refractivity contribution in [1.82, 2.24) is 4.72 Å². The van der Waals surface area contributed by atoms with Crippen molar-refractivity contribution in [1.29, 1.82) is 0 Å². The van der Waals surface area contributed by atoms with Crippen LogP contribution >= 0.6 is 0 Å². The van der Waals surface area contributed by atoms with Crippen LogP contribution < -0.4 is 10.5 Å². The van der Waals surface area contributed by atoms with Gasteiger partial charge in [-0.3, -0.25) is 10.1 Å². The summed E-state index contributed by atoms with van der Waals surface area (Å²) in [7, 11) is -3.97. The van der Waals surface area contributed by atoms with Gasteiger partial charge in [-0.25, -0.2) is 13.1 Å². The number of nitrogens with two attached hydrogens (primary N) is 1. The largest absolute Gasteiger partial charge is 0.377 e. The molecule has 8 nitrogen and oxygen atoms in total. The van der Waals surface area contributed by atoms with Crippen molar-refractivity contribution in [2.45, 2.75) is 10.4 Å². The Balaban J connectivity index is 2.22. The molecule has 0 aliphatic carbocycles. The highest BCUT2D eigenvalue weighted by Crippen LogP contribution is 2.23. The van der Waals surface area contributed by atoms with Gasteiger partial charge in [-0.1, -0.05) is 12.1 Å². The lowest BCUT2D eigenvalue weighted by molar-refractivity contribution is -0.387. The molecule has 3 N–H and O–H groups in total. The zero-order valence-electron chi connectivity index (χ0n) is 9.90. The second-order valence-electron chi connectivity index (χ2n) is 4.40. The summed E-state index contributed by atoms with van der Waals surface area (Å²) in [5, 5.41) is 10.8. The quantitative estimate of drug-likeness (QED) is 0.561. The van der Waals surface area contributed by atoms with Gasteiger partial charge in [0.2, 0.25) is 10.0 Å². The Labute approximate surface area is 109 Å². The van der Waals surface area contributed by atoms with E-state index in [1.165, 1.54) is 18.2 Å². The van der Waals surface area contributed by atoms with Crippen molar-refractivity contribution >= 4 is 15.7 Å². The van der Waals surface area contributed by atoms with Gasteiger partial charge in [0.25, 0.3) is 5.69 Å². The first-order valence-corrected chi connectivity index (χ1v) is 6.92. The number of nitro benzene ring substituents is 1. The van der Waals surface area contributed by atoms with Crippen LogP contribution in [0, 0.1) is 10.1 Å². The first-order chi connectivity index (χ1) is 8.84. The summed E-state index contributed by atoms with van der Waals surface area (Å²) >= 11 is 0. The third-order valence-electron chi connectivity index (χ3n) is 2.74. The van der Waals surface area contributed by atoms with Crippen molar-refractivity contribution < 1.29 is 18.1 Å². The molecule has 0 radical (unpaired) electrons. The molecule has 0 unspecified atom stereocenters. The lowest BCUT2D eigenvalue weighted by Gasteiger charge is -2.37. The fourth-order valence-electron chi connectivity index (χ4n) is 1.62. The van der Waals surface area contributed by atoms with Crippen LogP contribution in [0.4, 0.5) is 5.69 Å². The van der Waals surface area contributed by atoms with Gasteiger partial charge >= 0.3 is 0 Å². The first kappa shape index (κ1) is 13.9. The monoisotopic (exact) mass is 287 g/mol. The van der Waals surface area contributed by atoms with E-state index in [9.17, 15) is 18.5 Å². The van der Waals surface area contributed by atoms with Crippen molar-refractivity contribution in [2.75, 3.05) is 19.8 Å². The molecule has 104 valence electrons. The van der Waals surface area contributed by atoms with E-state index in [4.69, 9.17) is 10.5 Å². The van der Waals surface area contributed by atoms with E-state index in [0.29, 0.717) is 0 Å². The Bertz CT molecular complexity index is 597. The fourth-order valence-corrected chi connectivity index (χ4v) is 2.93. The van der Waals surface area contributed by atoms with Crippen LogP contribution in [0.1, 0.15) is 0 Å². The smallest absolute Gasteiger partial charge is 0.289 e. The predicted molar refractivity (Wildman–Crippen MR) is 66.0 cm³/mol. The maximum atomic E-state index is 12.0. The molecule has 0 aromatic heterocycles. The number of para-hydroxylation sites is 1. The molecule has 9 heteroatoms. The van der Waals surface area contributed by atoms with Gasteiger partial charge in [0.05, 0.1) is 23.7 Å². The zero-order valence-corrected chi connectivity index (χ0v) is 10.7. The van der Waals surface area contributed by atoms with Crippen LogP contribution in [-0.2, 0) is 14.8 Å². The number of sulfonamides is 1. The third-order valence-corrected chi connectivity index (χ3v) is 4.19. The zero-order chi connectivity index (χ0) is 14.1. The number of hydrogen-bond acceptors (Lipinski definition) is 6. The Morgan fingerprint density at radius 1 is 1.42 bits per heavy atom. The fraction of sp³-hybridized carbons (Fsp3) is 0.400. The molecule has 0 atom stereocenters. The normalized spacial score (nSPS) is 17.7. The first-order valence-electron chi connectivity index (χ1n) is 5.44. The standard InChI is InChI=1S/C10H13N3O5S/c11-10(6-18-7-10)5-12-19(16,17)9-4-2-1-3-8(9)13(14)15/h1-4,12H,5-7,11H2. The van der Waals surface area contributed by atoms with E-state index in [-0.39, 0.29) is 24.7 Å². The van der Waals surface area contributed by atoms with E-state index in [1.54, 1.807) is 0 Å². The van der Waals surface area contributed by atoms with Gasteiger partial charge in [-0.05, 0) is 6.07 Å². The molecule has 1 heterocycles. The SMILES string of the molecule is NC1(CNS(=O)(=O)c2ccccc2[N+](=O)[O-])COC1. The average Bonchev–Trinajstić information content (AvgIpc) is 2.34. The van der Waals surface area contributed by atoms with Crippen molar-refractivity contribution in [3.8, 4) is 0 Å². The van der Waals surface area contributed by atoms with E-state index >= 15 is 0 Å². The van der Waals surface area contributed by atoms with Gasteiger partial charge in [0.15, 0.2) is 4.90 Å². The minimum Gasteiger partial charge on any atom is -0.377 e. The maximum Gasteiger partial charge on any atom is 0.289 e. The van der Waals surface area contributed by atoms with Gasteiger partial charge in [0.1, 0.15) is 0 Å². The topological polar surface area (TPSA) is 125 Å². The summed E-state index contributed by atoms with van der Waals surface area (Å²) in [4.78, 5) is 9.70. The van der Waals surface area contributed by atoms with E-state index in [2.05, 4.69) is 4.72 Å². The van der Waals surface area contributed by atoms with Crippen LogP contribution in [0.15, 0.2) is 29.2 Å². The second-order valence-corrected chi connectivity index (χ2v) is 6.14. The van der Waals surface area contributed by atoms with Crippen LogP contribution in [0.5, 0.6) is 0 Å². The van der Waals surface area contributed by atoms with Crippen molar-refractivity contribution in [3.63, 3.8) is 0 Å². The Morgan fingerprint density at radius 3 is 2.58 bits per heavy atom. The van der Waals surface area contributed by atoms with Crippen LogP contribution in [0.2, 0.25) is 0 Å². The molecule has 0 spiro atoms. The van der Waals surface area contributed by atoms with Crippen LogP contribution in [-0.4, -0.2) is 38.6 Å². The number of nitro groups is 1. The summed E-state index contributed by atoms with van der Waals surface area (Å²) in [6.07, 6.45) is 0. The molecular formula is C10H13N3O5S. The predicted octanol–water partition coefficient (Wildman–Crippen LogP) is -0.399. The van der Waals surface area contributed by atoms with Gasteiger partial charge in [0, 0.05) is 12.6 Å². The minimum absolute atomic E-state index is 0.0264. The highest BCUT2D eigenvalue weighted by molar-refractivity contribution is 7.89. The molecule has 1 aliphatic rings. The Morgan fingerprint density at radius 2 is 2.05 bits per heavy atom. The number of benzene rings is 1. The lowest BCUT2D eigenvalue weighted by atomic mass is 10.0. The molecule has 1 saturated heterocycles. The molecule has 1 aliphatic heterocycles. The number of ether oxygens (including phenoxy) is 1. The maximum absolute atomic E-state index is 12.0. The summed E-state index contributed by atoms with van der Waals surface area (Å²) < 4.78 is 31.2. The molecule has 1 fully saturated rings. The molecular weight excluding hydrogens is 274 g/mol. The molecule has 19 heavy (non-hydrogen) atoms. The number of hydrogen-bond donors (Lipinski definition) is 2. The van der Waals surface area contributed by atoms with E-state index in [0.717, 1.165) is 6.07 Å². The van der Waals surface area contributed by atoms with Gasteiger partial charge in [-0.2, -0.15) is 0 Å². The third kappa shape index (κ3) is 2.89. The second kappa shape index (κ2) is 4.85. The summed E-state index contributed by atoms with van der Waals surface area (Å²) in [6.45, 7) is 0.486. The summed E-state index contributed by atoms with van der Waals surface area (Å²) in [6, 6.07) is 5.15. The van der Waals surface area contributed by atoms with Gasteiger partial charge in [-0.15, -0.1) is 0 Å². The van der Waals surface area contributed by atoms with E-state index < -0.39 is 26.2 Å². The molecule has 0 amide bonds. The Hall–Kier alpha value is -1.55. The molecule has 2 rings (SSSR count). The molecule has 0 saturated carbocycles. The van der Waals surface area contributed by atoms with E-state index in [1.807, 2.05) is 0 Å². The minimum atomic E-state index is -3.97. The highest BCUT2D eigenvalue weighted by Gasteiger charge is 2.36. The Kier molecular flexibility index (Phi) is 3.54. The van der Waals surface area contributed by atoms with Crippen molar-refractivity contribution in [3.05, 3.63) is 34.4 Å². The number of rotatable bonds is 5. The molecule has 1 aromatic rings. The average molecular weight is 287 g/mol. The summed E-state index contributed by atoms with van der Waals surface area (Å²) in [5.41, 5.74) is 4.59. The van der Waals surface area contributed by atoms with Gasteiger partial charge < -0.3 is 10.5 Å². The van der Waals surface area contributed by atoms with Crippen molar-refractivity contribution in [2.24, 2.45) is 5.73 Å². The van der Waals surface area contributed by atoms with Crippen LogP contribution in [0.25, 0.3) is 0 Å². The molecule has 0 bridgehead atoms. The summed E-state index contributed by atoms with van der Waals surface area (Å²) in [5.74, 6) is 0. The lowest BCUT2D eigenvalue weighted by Crippen LogP contribution is -2.63. The van der Waals surface area contributed by atoms with Crippen LogP contribution in [0.3, 0.4) is 0 Å². The molecule has 1 aromatic carbocycles. The highest BCUT2D eigenvalue weighted by atomic mass is 32.2. The number of nitrogens with zero attached hydrogens (tertiary/aromatic N) is 1.